The second-order valence-electron chi connectivity index (χ2n) is 10.5. The first-order valence-electron chi connectivity index (χ1n) is 11.7. The van der Waals surface area contributed by atoms with Crippen LogP contribution in [0.5, 0.6) is 5.75 Å². The van der Waals surface area contributed by atoms with Gasteiger partial charge in [-0.25, -0.2) is 18.7 Å². The Balaban J connectivity index is 1.43. The van der Waals surface area contributed by atoms with Gasteiger partial charge in [0.15, 0.2) is 11.6 Å². The molecule has 192 valence electrons. The lowest BCUT2D eigenvalue weighted by Gasteiger charge is -2.75. The van der Waals surface area contributed by atoms with E-state index in [0.717, 1.165) is 25.3 Å². The lowest BCUT2D eigenvalue weighted by Crippen LogP contribution is -2.79. The van der Waals surface area contributed by atoms with Crippen LogP contribution in [0.25, 0.3) is 11.3 Å². The summed E-state index contributed by atoms with van der Waals surface area (Å²) in [5.74, 6) is -3.36. The minimum atomic E-state index is -4.93. The second kappa shape index (κ2) is 7.76. The minimum absolute atomic E-state index is 0.114. The van der Waals surface area contributed by atoms with Crippen LogP contribution in [-0.4, -0.2) is 55.5 Å². The number of halogens is 5. The number of likely N-dealkylation sites (tertiary alicyclic amines) is 1. The highest BCUT2D eigenvalue weighted by atomic mass is 19.4. The number of aliphatic hydroxyl groups excluding tert-OH is 1. The molecule has 0 aromatic carbocycles. The fourth-order valence-corrected chi connectivity index (χ4v) is 5.80. The summed E-state index contributed by atoms with van der Waals surface area (Å²) in [7, 11) is 0. The van der Waals surface area contributed by atoms with Crippen molar-refractivity contribution in [2.45, 2.75) is 75.4 Å². The zero-order chi connectivity index (χ0) is 25.4. The van der Waals surface area contributed by atoms with Crippen molar-refractivity contribution in [3.05, 3.63) is 24.3 Å². The standard InChI is InChI=1S/C23H28F5N5O2/c1-13(2)17(34)19-31-15(14-7-16(18(29)30-8-14)35-23(26,27)28)9-33(19)21-10-20(11-21,12-21)32-5-3-22(24,25)4-6-32/h7-9,13,17,34H,3-6,10-12H2,1-2H3,(H2,29,30)/t17-,20?,21?/m0/s1. The molecule has 4 aliphatic rings. The lowest BCUT2D eigenvalue weighted by atomic mass is 9.43. The number of nitrogens with zero attached hydrogens (tertiary/aromatic N) is 4. The number of rotatable bonds is 6. The van der Waals surface area contributed by atoms with E-state index in [1.165, 1.54) is 6.20 Å². The van der Waals surface area contributed by atoms with E-state index in [4.69, 9.17) is 5.73 Å². The molecule has 0 amide bonds. The summed E-state index contributed by atoms with van der Waals surface area (Å²) >= 11 is 0. The molecule has 3 heterocycles. The van der Waals surface area contributed by atoms with Crippen LogP contribution >= 0.6 is 0 Å². The molecule has 3 saturated carbocycles. The van der Waals surface area contributed by atoms with Crippen molar-refractivity contribution in [3.63, 3.8) is 0 Å². The molecule has 1 atom stereocenters. The largest absolute Gasteiger partial charge is 0.573 e. The minimum Gasteiger partial charge on any atom is -0.402 e. The van der Waals surface area contributed by atoms with Crippen LogP contribution in [0.2, 0.25) is 0 Å². The van der Waals surface area contributed by atoms with Crippen LogP contribution < -0.4 is 10.5 Å². The van der Waals surface area contributed by atoms with Gasteiger partial charge in [0.05, 0.1) is 11.2 Å². The number of imidazole rings is 1. The van der Waals surface area contributed by atoms with E-state index in [9.17, 15) is 27.1 Å². The van der Waals surface area contributed by atoms with Crippen molar-refractivity contribution >= 4 is 5.82 Å². The topological polar surface area (TPSA) is 89.4 Å². The molecule has 2 aromatic heterocycles. The smallest absolute Gasteiger partial charge is 0.402 e. The summed E-state index contributed by atoms with van der Waals surface area (Å²) in [4.78, 5) is 10.6. The Labute approximate surface area is 199 Å². The Morgan fingerprint density at radius 2 is 1.74 bits per heavy atom. The van der Waals surface area contributed by atoms with Crippen LogP contribution in [0.15, 0.2) is 18.5 Å². The van der Waals surface area contributed by atoms with Gasteiger partial charge >= 0.3 is 6.36 Å². The van der Waals surface area contributed by atoms with Crippen LogP contribution in [0, 0.1) is 5.92 Å². The average Bonchev–Trinajstić information content (AvgIpc) is 3.12. The van der Waals surface area contributed by atoms with Gasteiger partial charge in [-0.3, -0.25) is 4.90 Å². The van der Waals surface area contributed by atoms with Gasteiger partial charge in [-0.05, 0) is 31.2 Å². The Morgan fingerprint density at radius 1 is 1.11 bits per heavy atom. The van der Waals surface area contributed by atoms with Crippen molar-refractivity contribution in [3.8, 4) is 17.0 Å². The average molecular weight is 502 g/mol. The fraction of sp³-hybridized carbons (Fsp3) is 0.652. The van der Waals surface area contributed by atoms with Crippen LogP contribution in [-0.2, 0) is 5.54 Å². The number of piperidine rings is 1. The fourth-order valence-electron chi connectivity index (χ4n) is 5.80. The van der Waals surface area contributed by atoms with E-state index in [2.05, 4.69) is 19.6 Å². The Hall–Kier alpha value is -2.47. The van der Waals surface area contributed by atoms with Gasteiger partial charge in [0, 0.05) is 49.4 Å². The third kappa shape index (κ3) is 4.14. The molecule has 35 heavy (non-hydrogen) atoms. The summed E-state index contributed by atoms with van der Waals surface area (Å²) < 4.78 is 71.4. The van der Waals surface area contributed by atoms with Gasteiger partial charge in [-0.1, -0.05) is 13.8 Å². The third-order valence-electron chi connectivity index (χ3n) is 7.68. The molecular weight excluding hydrogens is 473 g/mol. The first kappa shape index (κ1) is 24.2. The molecule has 2 aromatic rings. The van der Waals surface area contributed by atoms with Crippen LogP contribution in [0.1, 0.15) is 57.9 Å². The number of nitrogen functional groups attached to an aromatic ring is 1. The van der Waals surface area contributed by atoms with Crippen molar-refractivity contribution in [2.24, 2.45) is 5.92 Å². The Kier molecular flexibility index (Phi) is 5.37. The van der Waals surface area contributed by atoms with E-state index in [0.29, 0.717) is 24.6 Å². The predicted molar refractivity (Wildman–Crippen MR) is 117 cm³/mol. The summed E-state index contributed by atoms with van der Waals surface area (Å²) in [6.45, 7) is 4.42. The van der Waals surface area contributed by atoms with Gasteiger partial charge < -0.3 is 20.1 Å². The molecule has 3 aliphatic carbocycles. The number of pyridine rings is 1. The first-order valence-corrected chi connectivity index (χ1v) is 11.7. The first-order chi connectivity index (χ1) is 16.2. The van der Waals surface area contributed by atoms with Crippen molar-refractivity contribution < 1.29 is 31.8 Å². The van der Waals surface area contributed by atoms with Gasteiger partial charge in [-0.2, -0.15) is 0 Å². The number of anilines is 1. The lowest BCUT2D eigenvalue weighted by molar-refractivity contribution is -0.274. The molecule has 6 rings (SSSR count). The molecule has 1 saturated heterocycles. The van der Waals surface area contributed by atoms with E-state index in [1.54, 1.807) is 6.20 Å². The van der Waals surface area contributed by atoms with Crippen LogP contribution in [0.3, 0.4) is 0 Å². The number of hydrogen-bond acceptors (Lipinski definition) is 6. The number of alkyl halides is 5. The summed E-state index contributed by atoms with van der Waals surface area (Å²) in [6, 6.07) is 1.13. The molecular formula is C23H28F5N5O2. The molecule has 4 fully saturated rings. The summed E-state index contributed by atoms with van der Waals surface area (Å²) in [5, 5.41) is 10.9. The Bertz CT molecular complexity index is 1100. The maximum absolute atomic E-state index is 13.6. The van der Waals surface area contributed by atoms with Crippen LogP contribution in [0.4, 0.5) is 27.8 Å². The molecule has 3 N–H and O–H groups in total. The van der Waals surface area contributed by atoms with Crippen molar-refractivity contribution in [1.82, 2.24) is 19.4 Å². The zero-order valence-electron chi connectivity index (χ0n) is 19.4. The normalized spacial score (nSPS) is 28.9. The van der Waals surface area contributed by atoms with Gasteiger partial charge in [0.25, 0.3) is 5.92 Å². The maximum atomic E-state index is 13.6. The zero-order valence-corrected chi connectivity index (χ0v) is 19.4. The number of nitrogens with two attached hydrogens (primary N) is 1. The molecule has 0 radical (unpaired) electrons. The van der Waals surface area contributed by atoms with E-state index < -0.39 is 30.0 Å². The molecule has 0 spiro atoms. The number of ether oxygens (including phenoxy) is 1. The van der Waals surface area contributed by atoms with Crippen molar-refractivity contribution in [2.75, 3.05) is 18.8 Å². The highest BCUT2D eigenvalue weighted by Crippen LogP contribution is 2.69. The maximum Gasteiger partial charge on any atom is 0.573 e. The molecule has 1 aliphatic heterocycles. The van der Waals surface area contributed by atoms with Gasteiger partial charge in [0.2, 0.25) is 0 Å². The second-order valence-corrected chi connectivity index (χ2v) is 10.5. The third-order valence-corrected chi connectivity index (χ3v) is 7.68. The highest BCUT2D eigenvalue weighted by Gasteiger charge is 2.72. The van der Waals surface area contributed by atoms with E-state index >= 15 is 0 Å². The van der Waals surface area contributed by atoms with Gasteiger partial charge in [0.1, 0.15) is 11.9 Å². The highest BCUT2D eigenvalue weighted by molar-refractivity contribution is 5.64. The number of hydrogen-bond donors (Lipinski definition) is 2. The van der Waals surface area contributed by atoms with E-state index in [1.807, 2.05) is 18.4 Å². The summed E-state index contributed by atoms with van der Waals surface area (Å²) in [5.41, 5.74) is 5.75. The predicted octanol–water partition coefficient (Wildman–Crippen LogP) is 4.48. The van der Waals surface area contributed by atoms with Gasteiger partial charge in [-0.15, -0.1) is 13.2 Å². The molecule has 7 nitrogen and oxygen atoms in total. The quantitative estimate of drug-likeness (QED) is 0.568. The number of aromatic nitrogens is 3. The summed E-state index contributed by atoms with van der Waals surface area (Å²) in [6.07, 6.45) is -0.805. The van der Waals surface area contributed by atoms with E-state index in [-0.39, 0.29) is 35.4 Å². The molecule has 2 bridgehead atoms. The number of aliphatic hydroxyl groups is 1. The molecule has 12 heteroatoms. The molecule has 0 unspecified atom stereocenters. The SMILES string of the molecule is CC(C)[C@H](O)c1nc(-c2cnc(N)c(OC(F)(F)F)c2)cn1C12CC(N3CCC(F)(F)CC3)(C1)C2. The van der Waals surface area contributed by atoms with Crippen molar-refractivity contribution in [1.29, 1.82) is 0 Å². The Morgan fingerprint density at radius 3 is 2.31 bits per heavy atom. The monoisotopic (exact) mass is 501 g/mol.